The number of amides is 1. The molecule has 3 rings (SSSR count). The highest BCUT2D eigenvalue weighted by Gasteiger charge is 2.21. The first-order valence-corrected chi connectivity index (χ1v) is 10.6. The Kier molecular flexibility index (Phi) is 7.88. The Morgan fingerprint density at radius 1 is 0.969 bits per heavy atom. The van der Waals surface area contributed by atoms with Gasteiger partial charge in [-0.05, 0) is 47.7 Å². The van der Waals surface area contributed by atoms with E-state index in [2.05, 4.69) is 25.1 Å². The number of rotatable bonds is 9. The van der Waals surface area contributed by atoms with Gasteiger partial charge in [-0.25, -0.2) is 0 Å². The number of ether oxygens (including phenoxy) is 2. The molecule has 32 heavy (non-hydrogen) atoms. The van der Waals surface area contributed by atoms with Crippen molar-refractivity contribution in [1.29, 1.82) is 5.26 Å². The van der Waals surface area contributed by atoms with E-state index >= 15 is 0 Å². The van der Waals surface area contributed by atoms with E-state index in [-0.39, 0.29) is 11.8 Å². The smallest absolute Gasteiger partial charge is 0.255 e. The van der Waals surface area contributed by atoms with Crippen LogP contribution in [0.2, 0.25) is 0 Å². The van der Waals surface area contributed by atoms with Crippen molar-refractivity contribution >= 4 is 5.91 Å². The molecular formula is C27H28N2O3. The normalized spacial score (nSPS) is 11.3. The van der Waals surface area contributed by atoms with Crippen LogP contribution in [0.3, 0.4) is 0 Å². The summed E-state index contributed by atoms with van der Waals surface area (Å²) in [6.45, 7) is 3.18. The molecule has 0 fully saturated rings. The molecular weight excluding hydrogens is 400 g/mol. The molecule has 1 unspecified atom stereocenters. The third-order valence-electron chi connectivity index (χ3n) is 5.55. The number of nitriles is 1. The molecule has 0 aliphatic rings. The van der Waals surface area contributed by atoms with Crippen LogP contribution < -0.4 is 9.47 Å². The largest absolute Gasteiger partial charge is 0.493 e. The third kappa shape index (κ3) is 5.47. The monoisotopic (exact) mass is 428 g/mol. The van der Waals surface area contributed by atoms with Gasteiger partial charge < -0.3 is 14.4 Å². The van der Waals surface area contributed by atoms with Crippen LogP contribution in [-0.4, -0.2) is 38.1 Å². The van der Waals surface area contributed by atoms with Gasteiger partial charge in [0.15, 0.2) is 11.5 Å². The highest BCUT2D eigenvalue weighted by Crippen LogP contribution is 2.28. The summed E-state index contributed by atoms with van der Waals surface area (Å²) in [6.07, 6.45) is 0.655. The number of nitrogens with zero attached hydrogens (tertiary/aromatic N) is 2. The first kappa shape index (κ1) is 22.9. The summed E-state index contributed by atoms with van der Waals surface area (Å²) < 4.78 is 10.7. The Morgan fingerprint density at radius 2 is 1.66 bits per heavy atom. The zero-order chi connectivity index (χ0) is 22.9. The van der Waals surface area contributed by atoms with Gasteiger partial charge in [0.1, 0.15) is 0 Å². The predicted molar refractivity (Wildman–Crippen MR) is 125 cm³/mol. The SMILES string of the molecule is COc1ccc(CCN(CC(C)c2ccccc2)C(=O)c2ccccc2C#N)cc1OC. The summed E-state index contributed by atoms with van der Waals surface area (Å²) in [5.41, 5.74) is 3.04. The summed E-state index contributed by atoms with van der Waals surface area (Å²) in [6, 6.07) is 25.0. The molecule has 164 valence electrons. The lowest BCUT2D eigenvalue weighted by atomic mass is 9.99. The van der Waals surface area contributed by atoms with Gasteiger partial charge in [0.25, 0.3) is 5.91 Å². The van der Waals surface area contributed by atoms with Gasteiger partial charge in [-0.2, -0.15) is 5.26 Å². The molecule has 0 radical (unpaired) electrons. The van der Waals surface area contributed by atoms with E-state index in [9.17, 15) is 10.1 Å². The molecule has 0 saturated heterocycles. The van der Waals surface area contributed by atoms with E-state index in [1.54, 1.807) is 38.5 Å². The number of benzene rings is 3. The standard InChI is InChI=1S/C27H28N2O3/c1-20(22-9-5-4-6-10-22)19-29(27(30)24-12-8-7-11-23(24)18-28)16-15-21-13-14-25(31-2)26(17-21)32-3/h4-14,17,20H,15-16,19H2,1-3H3. The topological polar surface area (TPSA) is 62.6 Å². The average Bonchev–Trinajstić information content (AvgIpc) is 2.86. The molecule has 1 atom stereocenters. The molecule has 0 aliphatic heterocycles. The summed E-state index contributed by atoms with van der Waals surface area (Å²) in [5, 5.41) is 9.48. The third-order valence-corrected chi connectivity index (χ3v) is 5.55. The van der Waals surface area contributed by atoms with Crippen LogP contribution in [0.25, 0.3) is 0 Å². The van der Waals surface area contributed by atoms with Crippen molar-refractivity contribution in [2.45, 2.75) is 19.3 Å². The lowest BCUT2D eigenvalue weighted by molar-refractivity contribution is 0.0748. The maximum atomic E-state index is 13.5. The molecule has 0 heterocycles. The van der Waals surface area contributed by atoms with Gasteiger partial charge in [0, 0.05) is 13.1 Å². The zero-order valence-corrected chi connectivity index (χ0v) is 18.7. The quantitative estimate of drug-likeness (QED) is 0.478. The van der Waals surface area contributed by atoms with Crippen LogP contribution in [0.15, 0.2) is 72.8 Å². The molecule has 5 nitrogen and oxygen atoms in total. The van der Waals surface area contributed by atoms with Crippen LogP contribution in [0, 0.1) is 11.3 Å². The van der Waals surface area contributed by atoms with Gasteiger partial charge in [-0.15, -0.1) is 0 Å². The second kappa shape index (κ2) is 11.0. The van der Waals surface area contributed by atoms with Crippen molar-refractivity contribution < 1.29 is 14.3 Å². The summed E-state index contributed by atoms with van der Waals surface area (Å²) in [5.74, 6) is 1.35. The molecule has 5 heteroatoms. The minimum absolute atomic E-state index is 0.134. The summed E-state index contributed by atoms with van der Waals surface area (Å²) in [4.78, 5) is 15.3. The highest BCUT2D eigenvalue weighted by atomic mass is 16.5. The van der Waals surface area contributed by atoms with Crippen molar-refractivity contribution in [3.63, 3.8) is 0 Å². The maximum Gasteiger partial charge on any atom is 0.255 e. The Bertz CT molecular complexity index is 1090. The molecule has 3 aromatic rings. The molecule has 0 bridgehead atoms. The number of hydrogen-bond donors (Lipinski definition) is 0. The van der Waals surface area contributed by atoms with E-state index in [0.717, 1.165) is 5.56 Å². The molecule has 0 saturated carbocycles. The molecule has 1 amide bonds. The number of hydrogen-bond acceptors (Lipinski definition) is 4. The Balaban J connectivity index is 1.85. The van der Waals surface area contributed by atoms with E-state index in [1.807, 2.05) is 41.3 Å². The molecule has 0 spiro atoms. The Morgan fingerprint density at radius 3 is 2.34 bits per heavy atom. The second-order valence-corrected chi connectivity index (χ2v) is 7.66. The molecule has 3 aromatic carbocycles. The van der Waals surface area contributed by atoms with Crippen LogP contribution in [0.4, 0.5) is 0 Å². The number of carbonyl (C=O) groups is 1. The van der Waals surface area contributed by atoms with Gasteiger partial charge in [0.05, 0.1) is 31.4 Å². The predicted octanol–water partition coefficient (Wildman–Crippen LogP) is 5.06. The zero-order valence-electron chi connectivity index (χ0n) is 18.7. The van der Waals surface area contributed by atoms with Gasteiger partial charge in [-0.1, -0.05) is 55.5 Å². The fourth-order valence-electron chi connectivity index (χ4n) is 3.73. The van der Waals surface area contributed by atoms with Crippen LogP contribution in [0.5, 0.6) is 11.5 Å². The summed E-state index contributed by atoms with van der Waals surface area (Å²) in [7, 11) is 3.22. The minimum atomic E-state index is -0.134. The lowest BCUT2D eigenvalue weighted by Crippen LogP contribution is -2.36. The van der Waals surface area contributed by atoms with Crippen molar-refractivity contribution in [3.8, 4) is 17.6 Å². The Hall–Kier alpha value is -3.78. The number of methoxy groups -OCH3 is 2. The molecule has 0 aliphatic carbocycles. The van der Waals surface area contributed by atoms with E-state index in [0.29, 0.717) is 42.1 Å². The Labute approximate surface area is 189 Å². The minimum Gasteiger partial charge on any atom is -0.493 e. The van der Waals surface area contributed by atoms with E-state index < -0.39 is 0 Å². The van der Waals surface area contributed by atoms with Crippen LogP contribution in [0.1, 0.15) is 39.9 Å². The fourth-order valence-corrected chi connectivity index (χ4v) is 3.73. The van der Waals surface area contributed by atoms with Crippen molar-refractivity contribution in [2.24, 2.45) is 0 Å². The van der Waals surface area contributed by atoms with E-state index in [1.165, 1.54) is 5.56 Å². The van der Waals surface area contributed by atoms with Crippen LogP contribution >= 0.6 is 0 Å². The van der Waals surface area contributed by atoms with Crippen molar-refractivity contribution in [3.05, 3.63) is 95.1 Å². The first-order chi connectivity index (χ1) is 15.6. The molecule has 0 N–H and O–H groups in total. The highest BCUT2D eigenvalue weighted by molar-refractivity contribution is 5.96. The van der Waals surface area contributed by atoms with Gasteiger partial charge in [0.2, 0.25) is 0 Å². The summed E-state index contributed by atoms with van der Waals surface area (Å²) >= 11 is 0. The van der Waals surface area contributed by atoms with Gasteiger partial charge in [-0.3, -0.25) is 4.79 Å². The molecule has 0 aromatic heterocycles. The fraction of sp³-hybridized carbons (Fsp3) is 0.259. The first-order valence-electron chi connectivity index (χ1n) is 10.6. The van der Waals surface area contributed by atoms with E-state index in [4.69, 9.17) is 9.47 Å². The van der Waals surface area contributed by atoms with Crippen LogP contribution in [-0.2, 0) is 6.42 Å². The lowest BCUT2D eigenvalue weighted by Gasteiger charge is -2.27. The van der Waals surface area contributed by atoms with Crippen molar-refractivity contribution in [2.75, 3.05) is 27.3 Å². The number of carbonyl (C=O) groups excluding carboxylic acids is 1. The maximum absolute atomic E-state index is 13.5. The second-order valence-electron chi connectivity index (χ2n) is 7.66. The van der Waals surface area contributed by atoms with Crippen molar-refractivity contribution in [1.82, 2.24) is 4.90 Å². The average molecular weight is 429 g/mol. The van der Waals surface area contributed by atoms with Gasteiger partial charge >= 0.3 is 0 Å².